The fraction of sp³-hybridized carbons (Fsp3) is 0.538. The minimum atomic E-state index is 0.308. The van der Waals surface area contributed by atoms with Crippen LogP contribution < -0.4 is 0 Å². The summed E-state index contributed by atoms with van der Waals surface area (Å²) < 4.78 is 0. The van der Waals surface area contributed by atoms with Crippen molar-refractivity contribution in [3.05, 3.63) is 36.0 Å². The summed E-state index contributed by atoms with van der Waals surface area (Å²) in [6, 6.07) is 0. The Morgan fingerprint density at radius 1 is 1.21 bits per heavy atom. The van der Waals surface area contributed by atoms with Gasteiger partial charge >= 0.3 is 0 Å². The summed E-state index contributed by atoms with van der Waals surface area (Å²) in [5, 5.41) is 0. The van der Waals surface area contributed by atoms with Crippen molar-refractivity contribution >= 4 is 12.6 Å². The quantitative estimate of drug-likeness (QED) is 0.522. The van der Waals surface area contributed by atoms with Crippen LogP contribution in [0.4, 0.5) is 0 Å². The monoisotopic (exact) mass is 208 g/mol. The first kappa shape index (κ1) is 11.6. The summed E-state index contributed by atoms with van der Waals surface area (Å²) in [6.07, 6.45) is 14.5. The molecule has 0 saturated carbocycles. The summed E-state index contributed by atoms with van der Waals surface area (Å²) in [6.45, 7) is 4.53. The van der Waals surface area contributed by atoms with E-state index in [1.807, 2.05) is 0 Å². The average molecular weight is 208 g/mol. The highest BCUT2D eigenvalue weighted by molar-refractivity contribution is 7.80. The molecule has 78 valence electrons. The summed E-state index contributed by atoms with van der Waals surface area (Å²) >= 11 is 4.38. The van der Waals surface area contributed by atoms with E-state index in [2.05, 4.69) is 56.9 Å². The molecule has 1 aliphatic carbocycles. The predicted octanol–water partition coefficient (Wildman–Crippen LogP) is 4.17. The van der Waals surface area contributed by atoms with Crippen molar-refractivity contribution in [3.8, 4) is 0 Å². The molecular formula is C13H20S. The average Bonchev–Trinajstić information content (AvgIpc) is 2.10. The maximum atomic E-state index is 4.38. The Kier molecular flexibility index (Phi) is 4.53. The van der Waals surface area contributed by atoms with E-state index in [1.54, 1.807) is 0 Å². The number of allylic oxidation sites excluding steroid dienone is 6. The Bertz CT molecular complexity index is 256. The first-order chi connectivity index (χ1) is 6.64. The summed E-state index contributed by atoms with van der Waals surface area (Å²) in [4.78, 5) is 0. The van der Waals surface area contributed by atoms with Crippen molar-refractivity contribution in [1.82, 2.24) is 0 Å². The van der Waals surface area contributed by atoms with Gasteiger partial charge in [0, 0.05) is 0 Å². The first-order valence-corrected chi connectivity index (χ1v) is 5.89. The van der Waals surface area contributed by atoms with Crippen molar-refractivity contribution in [1.29, 1.82) is 0 Å². The van der Waals surface area contributed by atoms with E-state index in [0.29, 0.717) is 5.41 Å². The molecule has 0 bridgehead atoms. The van der Waals surface area contributed by atoms with Gasteiger partial charge in [0.05, 0.1) is 0 Å². The lowest BCUT2D eigenvalue weighted by molar-refractivity contribution is 0.424. The third kappa shape index (κ3) is 4.19. The largest absolute Gasteiger partial charge is 0.179 e. The van der Waals surface area contributed by atoms with Crippen LogP contribution >= 0.6 is 12.6 Å². The topological polar surface area (TPSA) is 0 Å². The van der Waals surface area contributed by atoms with Crippen molar-refractivity contribution < 1.29 is 0 Å². The molecule has 0 N–H and O–H groups in total. The molecule has 0 unspecified atom stereocenters. The maximum Gasteiger partial charge on any atom is -0.00433 e. The van der Waals surface area contributed by atoms with Crippen LogP contribution in [-0.4, -0.2) is 5.75 Å². The van der Waals surface area contributed by atoms with E-state index in [9.17, 15) is 0 Å². The fourth-order valence-corrected chi connectivity index (χ4v) is 1.63. The predicted molar refractivity (Wildman–Crippen MR) is 67.8 cm³/mol. The van der Waals surface area contributed by atoms with Gasteiger partial charge in [-0.3, -0.25) is 0 Å². The lowest BCUT2D eigenvalue weighted by Gasteiger charge is -2.22. The maximum absolute atomic E-state index is 4.38. The van der Waals surface area contributed by atoms with Gasteiger partial charge < -0.3 is 0 Å². The second-order valence-corrected chi connectivity index (χ2v) is 4.94. The van der Waals surface area contributed by atoms with Crippen LogP contribution in [0.15, 0.2) is 36.0 Å². The molecule has 0 saturated heterocycles. The molecule has 0 aromatic heterocycles. The minimum Gasteiger partial charge on any atom is -0.179 e. The van der Waals surface area contributed by atoms with Gasteiger partial charge in [-0.15, -0.1) is 0 Å². The number of thiol groups is 1. The zero-order valence-corrected chi connectivity index (χ0v) is 10.1. The van der Waals surface area contributed by atoms with Crippen LogP contribution in [0.5, 0.6) is 0 Å². The van der Waals surface area contributed by atoms with Crippen molar-refractivity contribution in [2.45, 2.75) is 33.1 Å². The lowest BCUT2D eigenvalue weighted by atomic mass is 9.86. The van der Waals surface area contributed by atoms with Crippen molar-refractivity contribution in [3.63, 3.8) is 0 Å². The number of rotatable bonds is 3. The molecule has 0 nitrogen and oxygen atoms in total. The molecule has 0 aliphatic heterocycles. The van der Waals surface area contributed by atoms with E-state index in [0.717, 1.165) is 25.0 Å². The van der Waals surface area contributed by atoms with Crippen LogP contribution in [0.1, 0.15) is 33.1 Å². The highest BCUT2D eigenvalue weighted by atomic mass is 32.1. The number of hydrogen-bond acceptors (Lipinski definition) is 1. The fourth-order valence-electron chi connectivity index (χ4n) is 1.52. The van der Waals surface area contributed by atoms with E-state index in [1.165, 1.54) is 5.57 Å². The van der Waals surface area contributed by atoms with Gasteiger partial charge in [0.25, 0.3) is 0 Å². The van der Waals surface area contributed by atoms with Gasteiger partial charge in [-0.1, -0.05) is 49.8 Å². The first-order valence-electron chi connectivity index (χ1n) is 5.25. The molecule has 0 amide bonds. The molecule has 0 spiro atoms. The van der Waals surface area contributed by atoms with E-state index in [4.69, 9.17) is 0 Å². The van der Waals surface area contributed by atoms with E-state index >= 15 is 0 Å². The van der Waals surface area contributed by atoms with Crippen molar-refractivity contribution in [2.24, 2.45) is 5.41 Å². The van der Waals surface area contributed by atoms with Gasteiger partial charge in [0.1, 0.15) is 0 Å². The smallest absolute Gasteiger partial charge is 0.00433 e. The van der Waals surface area contributed by atoms with E-state index in [-0.39, 0.29) is 0 Å². The molecular weight excluding hydrogens is 188 g/mol. The highest BCUT2D eigenvalue weighted by Crippen LogP contribution is 2.27. The Morgan fingerprint density at radius 3 is 2.64 bits per heavy atom. The van der Waals surface area contributed by atoms with Crippen LogP contribution in [0.25, 0.3) is 0 Å². The molecule has 0 radical (unpaired) electrons. The third-order valence-electron chi connectivity index (χ3n) is 2.40. The van der Waals surface area contributed by atoms with Crippen LogP contribution in [0, 0.1) is 5.41 Å². The molecule has 0 atom stereocenters. The van der Waals surface area contributed by atoms with Gasteiger partial charge in [0.2, 0.25) is 0 Å². The molecule has 1 aliphatic rings. The summed E-state index contributed by atoms with van der Waals surface area (Å²) in [7, 11) is 0. The van der Waals surface area contributed by atoms with Crippen molar-refractivity contribution in [2.75, 3.05) is 5.75 Å². The lowest BCUT2D eigenvalue weighted by Crippen LogP contribution is -2.13. The number of hydrogen-bond donors (Lipinski definition) is 1. The highest BCUT2D eigenvalue weighted by Gasteiger charge is 2.16. The Balaban J connectivity index is 2.63. The second kappa shape index (κ2) is 5.45. The summed E-state index contributed by atoms with van der Waals surface area (Å²) in [5.74, 6) is 0.939. The molecule has 0 aromatic rings. The van der Waals surface area contributed by atoms with Crippen LogP contribution in [0.3, 0.4) is 0 Å². The minimum absolute atomic E-state index is 0.308. The molecule has 14 heavy (non-hydrogen) atoms. The zero-order chi connectivity index (χ0) is 10.4. The van der Waals surface area contributed by atoms with E-state index < -0.39 is 0 Å². The van der Waals surface area contributed by atoms with Gasteiger partial charge in [-0.05, 0) is 30.4 Å². The third-order valence-corrected chi connectivity index (χ3v) is 3.25. The molecule has 0 heterocycles. The second-order valence-electron chi connectivity index (χ2n) is 4.62. The Labute approximate surface area is 93.2 Å². The SMILES string of the molecule is CC(C)(CS)CC1=CC/C=C\CC=C1. The summed E-state index contributed by atoms with van der Waals surface area (Å²) in [5.41, 5.74) is 1.76. The molecule has 1 heteroatoms. The molecule has 0 aromatic carbocycles. The van der Waals surface area contributed by atoms with Crippen LogP contribution in [0.2, 0.25) is 0 Å². The zero-order valence-electron chi connectivity index (χ0n) is 9.16. The van der Waals surface area contributed by atoms with Gasteiger partial charge in [-0.2, -0.15) is 12.6 Å². The standard InChI is InChI=1S/C13H20S/c1-13(2,11-14)10-12-8-6-4-3-5-7-9-12/h3-4,7-9,14H,5-6,10-11H2,1-2H3/b4-3-,9-7?,12-8?. The molecule has 0 fully saturated rings. The molecule has 1 rings (SSSR count). The normalized spacial score (nSPS) is 19.8. The Morgan fingerprint density at radius 2 is 1.93 bits per heavy atom. The van der Waals surface area contributed by atoms with Gasteiger partial charge in [0.15, 0.2) is 0 Å². The van der Waals surface area contributed by atoms with Gasteiger partial charge in [-0.25, -0.2) is 0 Å². The van der Waals surface area contributed by atoms with Crippen LogP contribution in [-0.2, 0) is 0 Å². The Hall–Kier alpha value is -0.430.